The lowest BCUT2D eigenvalue weighted by Gasteiger charge is -2.24. The van der Waals surface area contributed by atoms with E-state index in [0.29, 0.717) is 35.4 Å². The normalized spacial score (nSPS) is 15.9. The van der Waals surface area contributed by atoms with Crippen LogP contribution in [0.5, 0.6) is 0 Å². The summed E-state index contributed by atoms with van der Waals surface area (Å²) in [5, 5.41) is 3.89. The molecule has 1 N–H and O–H groups in total. The molecule has 2 aliphatic rings. The Morgan fingerprint density at radius 2 is 1.80 bits per heavy atom. The number of amidine groups is 1. The second kappa shape index (κ2) is 13.8. The molecule has 0 radical (unpaired) electrons. The van der Waals surface area contributed by atoms with Gasteiger partial charge in [0.1, 0.15) is 17.1 Å². The number of carbonyl (C=O) groups is 2. The number of rotatable bonds is 13. The second-order valence-corrected chi connectivity index (χ2v) is 14.2. The molecule has 1 aliphatic carbocycles. The summed E-state index contributed by atoms with van der Waals surface area (Å²) in [5.41, 5.74) is 2.86. The van der Waals surface area contributed by atoms with Gasteiger partial charge in [-0.2, -0.15) is 0 Å². The Hall–Kier alpha value is -3.99. The Balaban J connectivity index is 1.53. The van der Waals surface area contributed by atoms with Gasteiger partial charge in [0.2, 0.25) is 5.91 Å². The van der Waals surface area contributed by atoms with Crippen LogP contribution in [-0.2, 0) is 32.7 Å². The number of unbranched alkanes of at least 4 members (excludes halogenated alkanes) is 1. The molecule has 1 fully saturated rings. The zero-order valence-electron chi connectivity index (χ0n) is 27.6. The highest BCUT2D eigenvalue weighted by molar-refractivity contribution is 7.92. The summed E-state index contributed by atoms with van der Waals surface area (Å²) in [6, 6.07) is 12.6. The smallest absolute Gasteiger partial charge is 0.263 e. The van der Waals surface area contributed by atoms with E-state index in [1.54, 1.807) is 50.1 Å². The highest BCUT2D eigenvalue weighted by Gasteiger charge is 2.49. The number of benzene rings is 2. The van der Waals surface area contributed by atoms with Crippen LogP contribution in [0.25, 0.3) is 11.1 Å². The third-order valence-corrected chi connectivity index (χ3v) is 10.5. The standard InChI is InChI=1S/C35H45N5O5S/c1-6-8-16-31-36-35(19-11-12-20-35)34(42)40(31)22-26-17-18-28(27(21-26)23-39(5)32(41)13-7-2)29-14-9-10-15-30(29)46(43,44)38-33-24(3)25(4)45-37-33/h9-10,14-15,17-18,21H,6-8,11-13,16,19-20,22-23H2,1-5H3,(H,37,38). The van der Waals surface area contributed by atoms with Crippen molar-refractivity contribution in [2.45, 2.75) is 109 Å². The summed E-state index contributed by atoms with van der Waals surface area (Å²) < 4.78 is 35.3. The van der Waals surface area contributed by atoms with E-state index in [9.17, 15) is 18.0 Å². The van der Waals surface area contributed by atoms with Crippen molar-refractivity contribution in [1.29, 1.82) is 0 Å². The molecule has 46 heavy (non-hydrogen) atoms. The van der Waals surface area contributed by atoms with Gasteiger partial charge >= 0.3 is 0 Å². The first-order valence-electron chi connectivity index (χ1n) is 16.3. The summed E-state index contributed by atoms with van der Waals surface area (Å²) >= 11 is 0. The molecule has 2 amide bonds. The molecule has 11 heteroatoms. The van der Waals surface area contributed by atoms with Crippen molar-refractivity contribution in [3.8, 4) is 11.1 Å². The summed E-state index contributed by atoms with van der Waals surface area (Å²) in [7, 11) is -2.30. The number of aryl methyl sites for hydroxylation is 1. The predicted molar refractivity (Wildman–Crippen MR) is 179 cm³/mol. The van der Waals surface area contributed by atoms with Gasteiger partial charge in [-0.25, -0.2) is 8.42 Å². The van der Waals surface area contributed by atoms with Crippen LogP contribution in [0, 0.1) is 13.8 Å². The molecule has 1 aromatic heterocycles. The van der Waals surface area contributed by atoms with Gasteiger partial charge in [0.25, 0.3) is 15.9 Å². The lowest BCUT2D eigenvalue weighted by atomic mass is 9.96. The van der Waals surface area contributed by atoms with Crippen LogP contribution >= 0.6 is 0 Å². The Kier molecular flexibility index (Phi) is 10.0. The molecular weight excluding hydrogens is 602 g/mol. The SMILES string of the molecule is CCCCC1=NC2(CCCC2)C(=O)N1Cc1ccc(-c2ccccc2S(=O)(=O)Nc2noc(C)c2C)c(CN(C)C(=O)CCC)c1. The molecule has 1 aliphatic heterocycles. The minimum atomic E-state index is -4.06. The van der Waals surface area contributed by atoms with Gasteiger partial charge in [-0.15, -0.1) is 0 Å². The molecular formula is C35H45N5O5S. The van der Waals surface area contributed by atoms with Crippen LogP contribution in [0.15, 0.2) is 56.9 Å². The van der Waals surface area contributed by atoms with Crippen molar-refractivity contribution >= 4 is 33.5 Å². The maximum Gasteiger partial charge on any atom is 0.263 e. The number of carbonyl (C=O) groups excluding carboxylic acids is 2. The molecule has 246 valence electrons. The van der Waals surface area contributed by atoms with Crippen molar-refractivity contribution in [1.82, 2.24) is 15.0 Å². The van der Waals surface area contributed by atoms with Crippen molar-refractivity contribution in [3.63, 3.8) is 0 Å². The van der Waals surface area contributed by atoms with Gasteiger partial charge in [-0.05, 0) is 62.3 Å². The molecule has 1 saturated carbocycles. The zero-order valence-corrected chi connectivity index (χ0v) is 28.4. The topological polar surface area (TPSA) is 125 Å². The molecule has 0 bridgehead atoms. The Morgan fingerprint density at radius 1 is 1.07 bits per heavy atom. The molecule has 10 nitrogen and oxygen atoms in total. The number of anilines is 1. The molecule has 5 rings (SSSR count). The van der Waals surface area contributed by atoms with E-state index in [-0.39, 0.29) is 29.1 Å². The Bertz CT molecular complexity index is 1740. The van der Waals surface area contributed by atoms with Gasteiger partial charge in [0.05, 0.1) is 11.4 Å². The maximum atomic E-state index is 13.8. The zero-order chi connectivity index (χ0) is 33.1. The largest absolute Gasteiger partial charge is 0.359 e. The molecule has 3 aromatic rings. The first-order valence-corrected chi connectivity index (χ1v) is 17.8. The van der Waals surface area contributed by atoms with Gasteiger partial charge in [-0.3, -0.25) is 24.2 Å². The van der Waals surface area contributed by atoms with Crippen LogP contribution in [0.1, 0.15) is 94.1 Å². The molecule has 0 saturated heterocycles. The molecule has 2 aromatic carbocycles. The number of aromatic nitrogens is 1. The van der Waals surface area contributed by atoms with E-state index < -0.39 is 15.6 Å². The minimum absolute atomic E-state index is 0.00480. The third kappa shape index (κ3) is 6.74. The second-order valence-electron chi connectivity index (χ2n) is 12.6. The molecule has 0 unspecified atom stereocenters. The van der Waals surface area contributed by atoms with Crippen LogP contribution in [0.3, 0.4) is 0 Å². The monoisotopic (exact) mass is 647 g/mol. The summed E-state index contributed by atoms with van der Waals surface area (Å²) in [6.45, 7) is 8.21. The fourth-order valence-electron chi connectivity index (χ4n) is 6.39. The fourth-order valence-corrected chi connectivity index (χ4v) is 7.67. The lowest BCUT2D eigenvalue weighted by Crippen LogP contribution is -2.40. The first-order chi connectivity index (χ1) is 22.0. The highest BCUT2D eigenvalue weighted by atomic mass is 32.2. The average Bonchev–Trinajstić information content (AvgIpc) is 3.71. The van der Waals surface area contributed by atoms with E-state index >= 15 is 0 Å². The van der Waals surface area contributed by atoms with Crippen LogP contribution in [0.2, 0.25) is 0 Å². The quantitative estimate of drug-likeness (QED) is 0.219. The lowest BCUT2D eigenvalue weighted by molar-refractivity contribution is -0.131. The van der Waals surface area contributed by atoms with Crippen molar-refractivity contribution in [2.24, 2.45) is 4.99 Å². The third-order valence-electron chi connectivity index (χ3n) is 9.14. The number of hydrogen-bond donors (Lipinski definition) is 1. The van der Waals surface area contributed by atoms with Gasteiger partial charge < -0.3 is 9.42 Å². The Morgan fingerprint density at radius 3 is 2.48 bits per heavy atom. The molecule has 2 heterocycles. The number of nitrogens with zero attached hydrogens (tertiary/aromatic N) is 4. The number of hydrogen-bond acceptors (Lipinski definition) is 7. The van der Waals surface area contributed by atoms with Gasteiger partial charge in [0.15, 0.2) is 5.82 Å². The maximum absolute atomic E-state index is 13.8. The van der Waals surface area contributed by atoms with Crippen molar-refractivity contribution in [2.75, 3.05) is 11.8 Å². The van der Waals surface area contributed by atoms with E-state index in [4.69, 9.17) is 9.52 Å². The highest BCUT2D eigenvalue weighted by Crippen LogP contribution is 2.40. The number of amides is 2. The van der Waals surface area contributed by atoms with E-state index in [0.717, 1.165) is 68.3 Å². The predicted octanol–water partition coefficient (Wildman–Crippen LogP) is 6.76. The average molecular weight is 648 g/mol. The van der Waals surface area contributed by atoms with Crippen LogP contribution in [0.4, 0.5) is 5.82 Å². The van der Waals surface area contributed by atoms with Crippen LogP contribution < -0.4 is 4.72 Å². The van der Waals surface area contributed by atoms with Gasteiger partial charge in [-0.1, -0.05) is 74.7 Å². The van der Waals surface area contributed by atoms with E-state index in [1.807, 2.05) is 30.0 Å². The molecule has 0 atom stereocenters. The van der Waals surface area contributed by atoms with Crippen LogP contribution in [-0.4, -0.2) is 53.6 Å². The summed E-state index contributed by atoms with van der Waals surface area (Å²) in [4.78, 5) is 35.4. The number of nitrogens with one attached hydrogen (secondary N) is 1. The fraction of sp³-hybridized carbons (Fsp3) is 0.486. The van der Waals surface area contributed by atoms with E-state index in [1.165, 1.54) is 0 Å². The molecule has 1 spiro atoms. The summed E-state index contributed by atoms with van der Waals surface area (Å²) in [5.74, 6) is 1.61. The Labute approximate surface area is 272 Å². The summed E-state index contributed by atoms with van der Waals surface area (Å²) in [6.07, 6.45) is 7.46. The van der Waals surface area contributed by atoms with Crippen molar-refractivity contribution < 1.29 is 22.5 Å². The number of sulfonamides is 1. The minimum Gasteiger partial charge on any atom is -0.359 e. The first kappa shape index (κ1) is 33.4. The van der Waals surface area contributed by atoms with Crippen molar-refractivity contribution in [3.05, 3.63) is 64.9 Å². The van der Waals surface area contributed by atoms with E-state index in [2.05, 4.69) is 16.8 Å². The number of aliphatic imine (C=N–C) groups is 1. The van der Waals surface area contributed by atoms with Gasteiger partial charge in [0, 0.05) is 37.6 Å².